The van der Waals surface area contributed by atoms with E-state index in [2.05, 4.69) is 27.7 Å². The van der Waals surface area contributed by atoms with Crippen molar-refractivity contribution in [2.45, 2.75) is 70.1 Å². The molecule has 1 aliphatic heterocycles. The highest BCUT2D eigenvalue weighted by atomic mass is 19.1. The topological polar surface area (TPSA) is 104 Å². The molecule has 8 nitrogen and oxygen atoms in total. The molecule has 0 bridgehead atoms. The highest BCUT2D eigenvalue weighted by Crippen LogP contribution is 2.27. The molecule has 37 heavy (non-hydrogen) atoms. The molecular weight excluding hydrogens is 482 g/mol. The van der Waals surface area contributed by atoms with Gasteiger partial charge < -0.3 is 25.4 Å². The largest absolute Gasteiger partial charge is 0.480 e. The zero-order valence-electron chi connectivity index (χ0n) is 20.8. The van der Waals surface area contributed by atoms with Crippen LogP contribution in [-0.2, 0) is 29.0 Å². The second kappa shape index (κ2) is 12.8. The SMILES string of the molecule is O=C(N[C@@H](CCN(CCCCc1ccc2c(n1)NCCC2)C1CC1)C(=O)O)OCc1ccc(F)cc1F. The minimum absolute atomic E-state index is 0.00480. The van der Waals surface area contributed by atoms with Gasteiger partial charge in [0.2, 0.25) is 0 Å². The van der Waals surface area contributed by atoms with E-state index in [1.807, 2.05) is 0 Å². The van der Waals surface area contributed by atoms with Gasteiger partial charge in [0, 0.05) is 36.5 Å². The molecule has 1 atom stereocenters. The number of nitrogens with one attached hydrogen (secondary N) is 2. The summed E-state index contributed by atoms with van der Waals surface area (Å²) in [6, 6.07) is 6.54. The Morgan fingerprint density at radius 1 is 1.19 bits per heavy atom. The van der Waals surface area contributed by atoms with E-state index < -0.39 is 36.3 Å². The zero-order valence-corrected chi connectivity index (χ0v) is 20.8. The Morgan fingerprint density at radius 2 is 2.03 bits per heavy atom. The number of carboxylic acids is 1. The summed E-state index contributed by atoms with van der Waals surface area (Å²) in [6.45, 7) is 1.94. The van der Waals surface area contributed by atoms with Crippen molar-refractivity contribution in [1.29, 1.82) is 0 Å². The standard InChI is InChI=1S/C27H34F2N4O4/c28-20-8-6-19(23(29)16-20)17-37-27(36)32-24(26(34)35)12-15-33(22-10-11-22)14-2-1-5-21-9-7-18-4-3-13-30-25(18)31-21/h6-9,16,22,24H,1-5,10-15,17H2,(H,30,31)(H,32,36)(H,34,35)/t24-/m0/s1. The molecule has 3 N–H and O–H groups in total. The maximum atomic E-state index is 13.7. The smallest absolute Gasteiger partial charge is 0.408 e. The van der Waals surface area contributed by atoms with Crippen LogP contribution in [0.2, 0.25) is 0 Å². The third-order valence-electron chi connectivity index (χ3n) is 6.81. The van der Waals surface area contributed by atoms with Gasteiger partial charge >= 0.3 is 12.1 Å². The number of hydrogen-bond acceptors (Lipinski definition) is 6. The van der Waals surface area contributed by atoms with Crippen molar-refractivity contribution in [3.8, 4) is 0 Å². The van der Waals surface area contributed by atoms with Gasteiger partial charge in [-0.15, -0.1) is 0 Å². The lowest BCUT2D eigenvalue weighted by Gasteiger charge is -2.24. The molecule has 200 valence electrons. The van der Waals surface area contributed by atoms with Crippen LogP contribution in [-0.4, -0.2) is 58.8 Å². The van der Waals surface area contributed by atoms with Gasteiger partial charge in [0.05, 0.1) is 0 Å². The third-order valence-corrected chi connectivity index (χ3v) is 6.81. The van der Waals surface area contributed by atoms with E-state index in [-0.39, 0.29) is 12.0 Å². The van der Waals surface area contributed by atoms with Crippen molar-refractivity contribution in [2.75, 3.05) is 25.0 Å². The number of unbranched alkanes of at least 4 members (excludes halogenated alkanes) is 1. The molecule has 1 fully saturated rings. The molecule has 0 radical (unpaired) electrons. The fraction of sp³-hybridized carbons (Fsp3) is 0.519. The number of alkyl carbamates (subject to hydrolysis) is 1. The Morgan fingerprint density at radius 3 is 2.78 bits per heavy atom. The molecule has 4 rings (SSSR count). The number of anilines is 1. The lowest BCUT2D eigenvalue weighted by Crippen LogP contribution is -2.43. The van der Waals surface area contributed by atoms with Gasteiger partial charge in [0.15, 0.2) is 0 Å². The number of ether oxygens (including phenoxy) is 1. The highest BCUT2D eigenvalue weighted by Gasteiger charge is 2.30. The molecule has 2 aliphatic rings. The number of fused-ring (bicyclic) bond motifs is 1. The van der Waals surface area contributed by atoms with Gasteiger partial charge in [0.25, 0.3) is 0 Å². The highest BCUT2D eigenvalue weighted by molar-refractivity contribution is 5.79. The van der Waals surface area contributed by atoms with Crippen LogP contribution < -0.4 is 10.6 Å². The first kappa shape index (κ1) is 26.8. The molecule has 1 amide bonds. The van der Waals surface area contributed by atoms with Crippen LogP contribution in [0.15, 0.2) is 30.3 Å². The van der Waals surface area contributed by atoms with Crippen LogP contribution in [0, 0.1) is 11.6 Å². The number of nitrogens with zero attached hydrogens (tertiary/aromatic N) is 2. The molecule has 2 heterocycles. The van der Waals surface area contributed by atoms with E-state index in [1.54, 1.807) is 0 Å². The summed E-state index contributed by atoms with van der Waals surface area (Å²) in [5.74, 6) is -1.71. The second-order valence-corrected chi connectivity index (χ2v) is 9.70. The number of pyridine rings is 1. The maximum Gasteiger partial charge on any atom is 0.408 e. The van der Waals surface area contributed by atoms with Crippen LogP contribution in [0.25, 0.3) is 0 Å². The Balaban J connectivity index is 1.19. The Kier molecular flexibility index (Phi) is 9.27. The predicted octanol–water partition coefficient (Wildman–Crippen LogP) is 4.27. The number of carboxylic acid groups (broad SMARTS) is 1. The summed E-state index contributed by atoms with van der Waals surface area (Å²) >= 11 is 0. The lowest BCUT2D eigenvalue weighted by molar-refractivity contribution is -0.139. The number of amides is 1. The normalized spacial score (nSPS) is 15.5. The van der Waals surface area contributed by atoms with Crippen molar-refractivity contribution in [3.63, 3.8) is 0 Å². The monoisotopic (exact) mass is 516 g/mol. The molecule has 10 heteroatoms. The molecule has 0 unspecified atom stereocenters. The summed E-state index contributed by atoms with van der Waals surface area (Å²) in [7, 11) is 0. The average molecular weight is 517 g/mol. The molecule has 1 aromatic heterocycles. The van der Waals surface area contributed by atoms with E-state index in [0.29, 0.717) is 18.7 Å². The number of halogens is 2. The molecule has 1 saturated carbocycles. The summed E-state index contributed by atoms with van der Waals surface area (Å²) in [5, 5.41) is 15.3. The van der Waals surface area contributed by atoms with E-state index in [1.165, 1.54) is 11.6 Å². The van der Waals surface area contributed by atoms with E-state index in [0.717, 1.165) is 75.6 Å². The molecule has 2 aromatic rings. The Bertz CT molecular complexity index is 1100. The summed E-state index contributed by atoms with van der Waals surface area (Å²) in [4.78, 5) is 30.9. The number of aromatic nitrogens is 1. The third kappa shape index (κ3) is 8.11. The number of benzene rings is 1. The fourth-order valence-corrected chi connectivity index (χ4v) is 4.56. The molecule has 0 saturated heterocycles. The maximum absolute atomic E-state index is 13.7. The van der Waals surface area contributed by atoms with Gasteiger partial charge in [-0.1, -0.05) is 6.07 Å². The van der Waals surface area contributed by atoms with Crippen molar-refractivity contribution in [2.24, 2.45) is 0 Å². The average Bonchev–Trinajstić information content (AvgIpc) is 3.72. The van der Waals surface area contributed by atoms with E-state index in [4.69, 9.17) is 9.72 Å². The first-order chi connectivity index (χ1) is 17.9. The summed E-state index contributed by atoms with van der Waals surface area (Å²) in [6.07, 6.45) is 6.52. The van der Waals surface area contributed by atoms with Gasteiger partial charge in [0.1, 0.15) is 30.1 Å². The molecule has 1 aliphatic carbocycles. The second-order valence-electron chi connectivity index (χ2n) is 9.70. The van der Waals surface area contributed by atoms with Gasteiger partial charge in [-0.2, -0.15) is 0 Å². The van der Waals surface area contributed by atoms with Crippen LogP contribution in [0.4, 0.5) is 19.4 Å². The molecule has 1 aromatic carbocycles. The number of aliphatic carboxylic acids is 1. The number of carbonyl (C=O) groups is 2. The number of hydrogen-bond donors (Lipinski definition) is 3. The fourth-order valence-electron chi connectivity index (χ4n) is 4.56. The summed E-state index contributed by atoms with van der Waals surface area (Å²) in [5.41, 5.74) is 2.37. The number of aryl methyl sites for hydroxylation is 2. The first-order valence-electron chi connectivity index (χ1n) is 13.0. The van der Waals surface area contributed by atoms with E-state index >= 15 is 0 Å². The molecular formula is C27H34F2N4O4. The number of carbonyl (C=O) groups excluding carboxylic acids is 1. The van der Waals surface area contributed by atoms with Gasteiger partial charge in [-0.05, 0) is 81.7 Å². The van der Waals surface area contributed by atoms with Crippen molar-refractivity contribution in [3.05, 3.63) is 58.8 Å². The zero-order chi connectivity index (χ0) is 26.2. The minimum atomic E-state index is -1.16. The molecule has 0 spiro atoms. The number of rotatable bonds is 13. The first-order valence-corrected chi connectivity index (χ1v) is 13.0. The van der Waals surface area contributed by atoms with Crippen LogP contribution in [0.1, 0.15) is 55.3 Å². The van der Waals surface area contributed by atoms with E-state index in [9.17, 15) is 23.5 Å². The van der Waals surface area contributed by atoms with Crippen molar-refractivity contribution >= 4 is 17.9 Å². The van der Waals surface area contributed by atoms with Gasteiger partial charge in [-0.25, -0.2) is 23.4 Å². The Labute approximate surface area is 215 Å². The Hall–Kier alpha value is -3.27. The lowest BCUT2D eigenvalue weighted by atomic mass is 10.1. The van der Waals surface area contributed by atoms with Crippen LogP contribution in [0.3, 0.4) is 0 Å². The predicted molar refractivity (Wildman–Crippen MR) is 134 cm³/mol. The van der Waals surface area contributed by atoms with Crippen molar-refractivity contribution < 1.29 is 28.2 Å². The van der Waals surface area contributed by atoms with Crippen LogP contribution in [0.5, 0.6) is 0 Å². The van der Waals surface area contributed by atoms with Crippen LogP contribution >= 0.6 is 0 Å². The quantitative estimate of drug-likeness (QED) is 0.342. The van der Waals surface area contributed by atoms with Crippen molar-refractivity contribution in [1.82, 2.24) is 15.2 Å². The minimum Gasteiger partial charge on any atom is -0.480 e. The summed E-state index contributed by atoms with van der Waals surface area (Å²) < 4.78 is 31.7. The van der Waals surface area contributed by atoms with Gasteiger partial charge in [-0.3, -0.25) is 0 Å².